The normalized spacial score (nSPS) is 10.4. The number of nitrogens with two attached hydrogens (primary N) is 1. The van der Waals surface area contributed by atoms with Crippen LogP contribution < -0.4 is 15.2 Å². The standard InChI is InChI=1S/C11H17NO2/c1-8(2)10-6-9(13-3)4-5-11(10)14-7-12/h4-6,8H,7,12H2,1-3H3. The van der Waals surface area contributed by atoms with Crippen molar-refractivity contribution in [1.29, 1.82) is 0 Å². The quantitative estimate of drug-likeness (QED) is 0.748. The van der Waals surface area contributed by atoms with Crippen molar-refractivity contribution in [3.05, 3.63) is 23.8 Å². The van der Waals surface area contributed by atoms with Crippen molar-refractivity contribution < 1.29 is 9.47 Å². The maximum atomic E-state index is 5.35. The van der Waals surface area contributed by atoms with Crippen LogP contribution in [0.4, 0.5) is 0 Å². The maximum absolute atomic E-state index is 5.35. The maximum Gasteiger partial charge on any atom is 0.137 e. The highest BCUT2D eigenvalue weighted by atomic mass is 16.5. The highest BCUT2D eigenvalue weighted by molar-refractivity contribution is 5.42. The molecule has 0 atom stereocenters. The van der Waals surface area contributed by atoms with E-state index in [4.69, 9.17) is 15.2 Å². The largest absolute Gasteiger partial charge is 0.497 e. The van der Waals surface area contributed by atoms with Crippen LogP contribution >= 0.6 is 0 Å². The molecule has 1 aromatic carbocycles. The fourth-order valence-corrected chi connectivity index (χ4v) is 1.33. The second-order valence-corrected chi connectivity index (χ2v) is 3.37. The minimum absolute atomic E-state index is 0.200. The molecule has 0 bridgehead atoms. The van der Waals surface area contributed by atoms with Crippen molar-refractivity contribution in [3.63, 3.8) is 0 Å². The van der Waals surface area contributed by atoms with Crippen LogP contribution in [0.15, 0.2) is 18.2 Å². The monoisotopic (exact) mass is 195 g/mol. The van der Waals surface area contributed by atoms with E-state index in [-0.39, 0.29) is 6.73 Å². The molecule has 0 aliphatic heterocycles. The molecule has 0 unspecified atom stereocenters. The third kappa shape index (κ3) is 2.39. The zero-order chi connectivity index (χ0) is 10.6. The Kier molecular flexibility index (Phi) is 3.77. The number of ether oxygens (including phenoxy) is 2. The Morgan fingerprint density at radius 3 is 2.57 bits per heavy atom. The number of benzene rings is 1. The van der Waals surface area contributed by atoms with Gasteiger partial charge in [-0.05, 0) is 24.1 Å². The molecule has 3 heteroatoms. The van der Waals surface area contributed by atoms with Crippen LogP contribution in [0.3, 0.4) is 0 Å². The van der Waals surface area contributed by atoms with Gasteiger partial charge in [0.05, 0.1) is 7.11 Å². The van der Waals surface area contributed by atoms with Gasteiger partial charge < -0.3 is 9.47 Å². The van der Waals surface area contributed by atoms with Crippen molar-refractivity contribution in [3.8, 4) is 11.5 Å². The van der Waals surface area contributed by atoms with E-state index in [9.17, 15) is 0 Å². The molecule has 0 aliphatic rings. The second kappa shape index (κ2) is 4.86. The van der Waals surface area contributed by atoms with Gasteiger partial charge in [0.25, 0.3) is 0 Å². The first kappa shape index (κ1) is 10.9. The van der Waals surface area contributed by atoms with E-state index in [0.717, 1.165) is 17.1 Å². The smallest absolute Gasteiger partial charge is 0.137 e. The van der Waals surface area contributed by atoms with Gasteiger partial charge in [-0.2, -0.15) is 0 Å². The highest BCUT2D eigenvalue weighted by Gasteiger charge is 2.08. The topological polar surface area (TPSA) is 44.5 Å². The number of hydrogen-bond donors (Lipinski definition) is 1. The molecule has 3 nitrogen and oxygen atoms in total. The van der Waals surface area contributed by atoms with Crippen LogP contribution in [0.1, 0.15) is 25.3 Å². The lowest BCUT2D eigenvalue weighted by Crippen LogP contribution is -2.09. The van der Waals surface area contributed by atoms with Crippen molar-refractivity contribution in [1.82, 2.24) is 0 Å². The van der Waals surface area contributed by atoms with Gasteiger partial charge in [-0.1, -0.05) is 13.8 Å². The van der Waals surface area contributed by atoms with E-state index < -0.39 is 0 Å². The summed E-state index contributed by atoms with van der Waals surface area (Å²) in [5.74, 6) is 2.08. The van der Waals surface area contributed by atoms with Gasteiger partial charge in [-0.25, -0.2) is 0 Å². The van der Waals surface area contributed by atoms with Crippen molar-refractivity contribution >= 4 is 0 Å². The second-order valence-electron chi connectivity index (χ2n) is 3.37. The number of methoxy groups -OCH3 is 1. The Hall–Kier alpha value is -1.22. The molecule has 0 saturated carbocycles. The van der Waals surface area contributed by atoms with Gasteiger partial charge in [-0.15, -0.1) is 0 Å². The summed E-state index contributed by atoms with van der Waals surface area (Å²) in [5.41, 5.74) is 6.47. The molecule has 0 radical (unpaired) electrons. The fraction of sp³-hybridized carbons (Fsp3) is 0.455. The van der Waals surface area contributed by atoms with Gasteiger partial charge in [0, 0.05) is 5.56 Å². The zero-order valence-electron chi connectivity index (χ0n) is 8.91. The number of hydrogen-bond acceptors (Lipinski definition) is 3. The SMILES string of the molecule is COc1ccc(OCN)c(C(C)C)c1. The molecule has 0 spiro atoms. The van der Waals surface area contributed by atoms with Crippen molar-refractivity contribution in [2.24, 2.45) is 5.73 Å². The summed E-state index contributed by atoms with van der Waals surface area (Å²) in [6.07, 6.45) is 0. The van der Waals surface area contributed by atoms with E-state index in [0.29, 0.717) is 5.92 Å². The Labute approximate surface area is 84.8 Å². The summed E-state index contributed by atoms with van der Waals surface area (Å²) < 4.78 is 10.5. The van der Waals surface area contributed by atoms with Crippen LogP contribution in [0.2, 0.25) is 0 Å². The summed E-state index contributed by atoms with van der Waals surface area (Å²) in [6, 6.07) is 5.74. The molecule has 0 fully saturated rings. The molecule has 0 heterocycles. The third-order valence-electron chi connectivity index (χ3n) is 2.08. The first-order valence-electron chi connectivity index (χ1n) is 4.69. The first-order chi connectivity index (χ1) is 6.69. The molecule has 0 amide bonds. The molecule has 14 heavy (non-hydrogen) atoms. The summed E-state index contributed by atoms with van der Waals surface area (Å²) in [6.45, 7) is 4.42. The Morgan fingerprint density at radius 2 is 2.07 bits per heavy atom. The summed E-state index contributed by atoms with van der Waals surface area (Å²) in [5, 5.41) is 0. The predicted octanol–water partition coefficient (Wildman–Crippen LogP) is 2.11. The molecular weight excluding hydrogens is 178 g/mol. The molecule has 0 aromatic heterocycles. The summed E-state index contributed by atoms with van der Waals surface area (Å²) >= 11 is 0. The van der Waals surface area contributed by atoms with Crippen molar-refractivity contribution in [2.45, 2.75) is 19.8 Å². The van der Waals surface area contributed by atoms with E-state index in [1.165, 1.54) is 0 Å². The number of rotatable bonds is 4. The van der Waals surface area contributed by atoms with E-state index in [1.54, 1.807) is 7.11 Å². The Morgan fingerprint density at radius 1 is 1.36 bits per heavy atom. The van der Waals surface area contributed by atoms with Gasteiger partial charge >= 0.3 is 0 Å². The lowest BCUT2D eigenvalue weighted by atomic mass is 10.0. The van der Waals surface area contributed by atoms with Gasteiger partial charge in [-0.3, -0.25) is 5.73 Å². The average Bonchev–Trinajstić information content (AvgIpc) is 2.18. The lowest BCUT2D eigenvalue weighted by molar-refractivity contribution is 0.323. The van der Waals surface area contributed by atoms with Crippen LogP contribution in [-0.4, -0.2) is 13.8 Å². The van der Waals surface area contributed by atoms with Crippen LogP contribution in [0, 0.1) is 0 Å². The predicted molar refractivity (Wildman–Crippen MR) is 56.8 cm³/mol. The summed E-state index contributed by atoms with van der Waals surface area (Å²) in [7, 11) is 1.66. The molecule has 2 N–H and O–H groups in total. The van der Waals surface area contributed by atoms with Gasteiger partial charge in [0.2, 0.25) is 0 Å². The van der Waals surface area contributed by atoms with Gasteiger partial charge in [0.15, 0.2) is 0 Å². The Bertz CT molecular complexity index is 297. The summed E-state index contributed by atoms with van der Waals surface area (Å²) in [4.78, 5) is 0. The van der Waals surface area contributed by atoms with Gasteiger partial charge in [0.1, 0.15) is 18.2 Å². The highest BCUT2D eigenvalue weighted by Crippen LogP contribution is 2.29. The van der Waals surface area contributed by atoms with Crippen molar-refractivity contribution in [2.75, 3.05) is 13.8 Å². The molecule has 1 rings (SSSR count). The third-order valence-corrected chi connectivity index (χ3v) is 2.08. The first-order valence-corrected chi connectivity index (χ1v) is 4.69. The lowest BCUT2D eigenvalue weighted by Gasteiger charge is -2.13. The Balaban J connectivity index is 3.03. The van der Waals surface area contributed by atoms with E-state index in [1.807, 2.05) is 18.2 Å². The molecular formula is C11H17NO2. The minimum atomic E-state index is 0.200. The average molecular weight is 195 g/mol. The van der Waals surface area contributed by atoms with E-state index in [2.05, 4.69) is 13.8 Å². The van der Waals surface area contributed by atoms with Crippen LogP contribution in [-0.2, 0) is 0 Å². The molecule has 0 aliphatic carbocycles. The zero-order valence-corrected chi connectivity index (χ0v) is 8.91. The van der Waals surface area contributed by atoms with Crippen LogP contribution in [0.5, 0.6) is 11.5 Å². The van der Waals surface area contributed by atoms with Crippen LogP contribution in [0.25, 0.3) is 0 Å². The molecule has 78 valence electrons. The molecule has 0 saturated heterocycles. The fourth-order valence-electron chi connectivity index (χ4n) is 1.33. The minimum Gasteiger partial charge on any atom is -0.497 e. The molecule has 1 aromatic rings. The van der Waals surface area contributed by atoms with E-state index >= 15 is 0 Å².